The van der Waals surface area contributed by atoms with Gasteiger partial charge in [0.05, 0.1) is 16.7 Å². The van der Waals surface area contributed by atoms with Crippen molar-refractivity contribution in [2.24, 2.45) is 0 Å². The molecule has 1 aliphatic rings. The van der Waals surface area contributed by atoms with Crippen molar-refractivity contribution in [1.29, 1.82) is 0 Å². The molecule has 1 atom stereocenters. The fraction of sp³-hybridized carbons (Fsp3) is 0.500. The van der Waals surface area contributed by atoms with Crippen LogP contribution in [0, 0.1) is 13.8 Å². The molecule has 0 saturated carbocycles. The standard InChI is InChI=1S/C16H19BrN4O3/c1-10-14(11(2)24-20-10)3-4-15(22)21-6-5-13(9-21)23-16-18-7-12(17)8-19-16/h7-8,13H,3-6,9H2,1-2H3. The molecule has 7 nitrogen and oxygen atoms in total. The van der Waals surface area contributed by atoms with Gasteiger partial charge in [-0.1, -0.05) is 5.16 Å². The Balaban J connectivity index is 1.49. The number of carbonyl (C=O) groups is 1. The molecule has 8 heteroatoms. The van der Waals surface area contributed by atoms with E-state index in [1.807, 2.05) is 18.7 Å². The average Bonchev–Trinajstić information content (AvgIpc) is 3.15. The summed E-state index contributed by atoms with van der Waals surface area (Å²) in [4.78, 5) is 22.4. The minimum atomic E-state index is -0.0609. The number of carbonyl (C=O) groups excluding carboxylic acids is 1. The molecular formula is C16H19BrN4O3. The second-order valence-corrected chi connectivity index (χ2v) is 6.77. The maximum Gasteiger partial charge on any atom is 0.316 e. The van der Waals surface area contributed by atoms with E-state index in [0.29, 0.717) is 31.9 Å². The molecule has 1 amide bonds. The highest BCUT2D eigenvalue weighted by molar-refractivity contribution is 9.10. The van der Waals surface area contributed by atoms with Crippen molar-refractivity contribution in [3.05, 3.63) is 33.9 Å². The lowest BCUT2D eigenvalue weighted by atomic mass is 10.1. The lowest BCUT2D eigenvalue weighted by Gasteiger charge is -2.16. The second kappa shape index (κ2) is 7.29. The molecule has 128 valence electrons. The molecule has 2 aromatic rings. The van der Waals surface area contributed by atoms with Crippen LogP contribution in [0.2, 0.25) is 0 Å². The average molecular weight is 395 g/mol. The topological polar surface area (TPSA) is 81.4 Å². The zero-order valence-corrected chi connectivity index (χ0v) is 15.2. The number of ether oxygens (including phenoxy) is 1. The molecule has 1 saturated heterocycles. The minimum absolute atomic E-state index is 0.0609. The Labute approximate surface area is 148 Å². The van der Waals surface area contributed by atoms with E-state index in [9.17, 15) is 4.79 Å². The summed E-state index contributed by atoms with van der Waals surface area (Å²) < 4.78 is 11.7. The smallest absolute Gasteiger partial charge is 0.316 e. The highest BCUT2D eigenvalue weighted by Crippen LogP contribution is 2.19. The molecule has 0 aliphatic carbocycles. The molecule has 3 rings (SSSR count). The van der Waals surface area contributed by atoms with Crippen LogP contribution in [0.3, 0.4) is 0 Å². The molecule has 3 heterocycles. The van der Waals surface area contributed by atoms with E-state index in [2.05, 4.69) is 31.1 Å². The number of nitrogens with zero attached hydrogens (tertiary/aromatic N) is 4. The first-order valence-corrected chi connectivity index (χ1v) is 8.66. The van der Waals surface area contributed by atoms with Crippen LogP contribution in [0.25, 0.3) is 0 Å². The number of halogens is 1. The van der Waals surface area contributed by atoms with Crippen LogP contribution in [-0.2, 0) is 11.2 Å². The summed E-state index contributed by atoms with van der Waals surface area (Å²) in [5.41, 5.74) is 1.88. The Hall–Kier alpha value is -1.96. The van der Waals surface area contributed by atoms with Gasteiger partial charge in [0.2, 0.25) is 5.91 Å². The second-order valence-electron chi connectivity index (χ2n) is 5.85. The SMILES string of the molecule is Cc1noc(C)c1CCC(=O)N1CCC(Oc2ncc(Br)cn2)C1. The van der Waals surface area contributed by atoms with Gasteiger partial charge in [-0.3, -0.25) is 4.79 Å². The molecule has 2 aromatic heterocycles. The number of hydrogen-bond acceptors (Lipinski definition) is 6. The zero-order valence-electron chi connectivity index (χ0n) is 13.7. The highest BCUT2D eigenvalue weighted by atomic mass is 79.9. The molecule has 1 unspecified atom stereocenters. The summed E-state index contributed by atoms with van der Waals surface area (Å²) in [6.45, 7) is 5.04. The molecule has 1 fully saturated rings. The Morgan fingerprint density at radius 2 is 2.17 bits per heavy atom. The summed E-state index contributed by atoms with van der Waals surface area (Å²) in [6.07, 6.45) is 5.11. The maximum atomic E-state index is 12.4. The quantitative estimate of drug-likeness (QED) is 0.774. The van der Waals surface area contributed by atoms with Crippen molar-refractivity contribution in [3.8, 4) is 6.01 Å². The fourth-order valence-electron chi connectivity index (χ4n) is 2.81. The summed E-state index contributed by atoms with van der Waals surface area (Å²) in [6, 6.07) is 0.341. The lowest BCUT2D eigenvalue weighted by Crippen LogP contribution is -2.31. The third-order valence-electron chi connectivity index (χ3n) is 4.14. The lowest BCUT2D eigenvalue weighted by molar-refractivity contribution is -0.130. The molecule has 0 N–H and O–H groups in total. The van der Waals surface area contributed by atoms with E-state index in [-0.39, 0.29) is 12.0 Å². The Kier molecular flexibility index (Phi) is 5.13. The zero-order chi connectivity index (χ0) is 17.1. The molecule has 1 aliphatic heterocycles. The van der Waals surface area contributed by atoms with Crippen LogP contribution in [-0.4, -0.2) is 45.1 Å². The van der Waals surface area contributed by atoms with E-state index >= 15 is 0 Å². The number of amides is 1. The Morgan fingerprint density at radius 3 is 2.83 bits per heavy atom. The van der Waals surface area contributed by atoms with Gasteiger partial charge in [0.25, 0.3) is 0 Å². The van der Waals surface area contributed by atoms with Crippen LogP contribution < -0.4 is 4.74 Å². The van der Waals surface area contributed by atoms with Crippen molar-refractivity contribution in [2.45, 2.75) is 39.2 Å². The third kappa shape index (κ3) is 3.92. The molecule has 0 spiro atoms. The van der Waals surface area contributed by atoms with Gasteiger partial charge in [-0.05, 0) is 36.2 Å². The van der Waals surface area contributed by atoms with E-state index in [1.54, 1.807) is 12.4 Å². The summed E-state index contributed by atoms with van der Waals surface area (Å²) in [7, 11) is 0. The molecule has 0 aromatic carbocycles. The Morgan fingerprint density at radius 1 is 1.42 bits per heavy atom. The van der Waals surface area contributed by atoms with Crippen LogP contribution in [0.15, 0.2) is 21.4 Å². The summed E-state index contributed by atoms with van der Waals surface area (Å²) in [5, 5.41) is 3.92. The maximum absolute atomic E-state index is 12.4. The van der Waals surface area contributed by atoms with E-state index in [1.165, 1.54) is 0 Å². The predicted molar refractivity (Wildman–Crippen MR) is 89.6 cm³/mol. The molecular weight excluding hydrogens is 376 g/mol. The normalized spacial score (nSPS) is 17.3. The number of rotatable bonds is 5. The molecule has 24 heavy (non-hydrogen) atoms. The first-order chi connectivity index (χ1) is 11.5. The first kappa shape index (κ1) is 16.9. The number of aromatic nitrogens is 3. The van der Waals surface area contributed by atoms with Gasteiger partial charge < -0.3 is 14.2 Å². The van der Waals surface area contributed by atoms with Crippen molar-refractivity contribution in [3.63, 3.8) is 0 Å². The van der Waals surface area contributed by atoms with Gasteiger partial charge in [-0.25, -0.2) is 9.97 Å². The predicted octanol–water partition coefficient (Wildman–Crippen LogP) is 2.46. The van der Waals surface area contributed by atoms with Crippen LogP contribution in [0.4, 0.5) is 0 Å². The van der Waals surface area contributed by atoms with Gasteiger partial charge in [-0.15, -0.1) is 0 Å². The number of likely N-dealkylation sites (tertiary alicyclic amines) is 1. The number of aryl methyl sites for hydroxylation is 2. The third-order valence-corrected chi connectivity index (χ3v) is 4.55. The van der Waals surface area contributed by atoms with Gasteiger partial charge in [0, 0.05) is 37.3 Å². The fourth-order valence-corrected chi connectivity index (χ4v) is 3.01. The van der Waals surface area contributed by atoms with Gasteiger partial charge in [0.15, 0.2) is 0 Å². The van der Waals surface area contributed by atoms with Crippen LogP contribution in [0.1, 0.15) is 29.9 Å². The van der Waals surface area contributed by atoms with E-state index < -0.39 is 0 Å². The van der Waals surface area contributed by atoms with Crippen molar-refractivity contribution < 1.29 is 14.1 Å². The van der Waals surface area contributed by atoms with E-state index in [4.69, 9.17) is 9.26 Å². The van der Waals surface area contributed by atoms with Crippen LogP contribution >= 0.6 is 15.9 Å². The van der Waals surface area contributed by atoms with Crippen molar-refractivity contribution in [2.75, 3.05) is 13.1 Å². The van der Waals surface area contributed by atoms with Crippen molar-refractivity contribution >= 4 is 21.8 Å². The summed E-state index contributed by atoms with van der Waals surface area (Å²) in [5.74, 6) is 0.910. The molecule has 0 bridgehead atoms. The van der Waals surface area contributed by atoms with Crippen LogP contribution in [0.5, 0.6) is 6.01 Å². The number of hydrogen-bond donors (Lipinski definition) is 0. The Bertz CT molecular complexity index is 697. The van der Waals surface area contributed by atoms with Crippen molar-refractivity contribution in [1.82, 2.24) is 20.0 Å². The molecule has 0 radical (unpaired) electrons. The minimum Gasteiger partial charge on any atom is -0.458 e. The monoisotopic (exact) mass is 394 g/mol. The van der Waals surface area contributed by atoms with Gasteiger partial charge >= 0.3 is 6.01 Å². The summed E-state index contributed by atoms with van der Waals surface area (Å²) >= 11 is 3.29. The van der Waals surface area contributed by atoms with E-state index in [0.717, 1.165) is 27.9 Å². The first-order valence-electron chi connectivity index (χ1n) is 7.86. The van der Waals surface area contributed by atoms with Gasteiger partial charge in [0.1, 0.15) is 11.9 Å². The highest BCUT2D eigenvalue weighted by Gasteiger charge is 2.28. The van der Waals surface area contributed by atoms with Gasteiger partial charge in [-0.2, -0.15) is 0 Å². The largest absolute Gasteiger partial charge is 0.458 e.